The molecule has 1 unspecified atom stereocenters. The average Bonchev–Trinajstić information content (AvgIpc) is 3.17. The minimum atomic E-state index is -3.12. The highest BCUT2D eigenvalue weighted by Gasteiger charge is 2.48. The number of carbonyl (C=O) groups excluding carboxylic acids is 1. The topological polar surface area (TPSA) is 117 Å². The number of carboxylic acid groups (broad SMARTS) is 1. The van der Waals surface area contributed by atoms with E-state index >= 15 is 0 Å². The molecule has 1 aromatic heterocycles. The second kappa shape index (κ2) is 7.06. The number of carboxylic acids is 1. The lowest BCUT2D eigenvalue weighted by atomic mass is 10.1. The van der Waals surface area contributed by atoms with Crippen molar-refractivity contribution in [1.29, 1.82) is 0 Å². The number of methoxy groups -OCH3 is 1. The van der Waals surface area contributed by atoms with Crippen molar-refractivity contribution in [2.45, 2.75) is 25.3 Å². The van der Waals surface area contributed by atoms with Crippen molar-refractivity contribution < 1.29 is 32.6 Å². The van der Waals surface area contributed by atoms with E-state index in [4.69, 9.17) is 9.15 Å². The Balaban J connectivity index is 1.87. The van der Waals surface area contributed by atoms with Gasteiger partial charge in [0.1, 0.15) is 12.3 Å². The molecule has 0 aliphatic carbocycles. The Labute approximate surface area is 152 Å². The number of aromatic nitrogens is 1. The van der Waals surface area contributed by atoms with Crippen LogP contribution in [0.25, 0.3) is 0 Å². The summed E-state index contributed by atoms with van der Waals surface area (Å²) >= 11 is 0. The van der Waals surface area contributed by atoms with Crippen LogP contribution in [0.2, 0.25) is 0 Å². The van der Waals surface area contributed by atoms with Crippen LogP contribution in [0.5, 0.6) is 0 Å². The van der Waals surface area contributed by atoms with E-state index in [0.717, 1.165) is 4.90 Å². The number of carbonyl (C=O) groups is 2. The van der Waals surface area contributed by atoms with Crippen LogP contribution in [0.15, 0.2) is 26.9 Å². The van der Waals surface area contributed by atoms with Gasteiger partial charge in [0, 0.05) is 18.7 Å². The standard InChI is InChI=1S/C16H18F2N4O5/c1-8-6-27-13(20-8)12-19-4-9(15(25)26-2)10(21-12)5-22-7-16(17,18)3-11(22)14(23)24/h6,11H,3-5,7H2,1-2H3,(H,19,21)(H,23,24). The lowest BCUT2D eigenvalue weighted by Gasteiger charge is -2.26. The van der Waals surface area contributed by atoms with Crippen molar-refractivity contribution in [3.8, 4) is 0 Å². The van der Waals surface area contributed by atoms with Crippen molar-refractivity contribution in [2.75, 3.05) is 26.7 Å². The quantitative estimate of drug-likeness (QED) is 0.707. The Hall–Kier alpha value is -2.82. The van der Waals surface area contributed by atoms with Crippen LogP contribution in [0.3, 0.4) is 0 Å². The van der Waals surface area contributed by atoms with Gasteiger partial charge in [0.05, 0.1) is 31.5 Å². The zero-order valence-corrected chi connectivity index (χ0v) is 14.7. The second-order valence-electron chi connectivity index (χ2n) is 6.35. The monoisotopic (exact) mass is 384 g/mol. The zero-order valence-electron chi connectivity index (χ0n) is 14.7. The molecule has 1 atom stereocenters. The Morgan fingerprint density at radius 1 is 1.52 bits per heavy atom. The lowest BCUT2D eigenvalue weighted by molar-refractivity contribution is -0.142. The molecular weight excluding hydrogens is 366 g/mol. The van der Waals surface area contributed by atoms with E-state index in [1.165, 1.54) is 13.4 Å². The fraction of sp³-hybridized carbons (Fsp3) is 0.500. The van der Waals surface area contributed by atoms with E-state index in [1.807, 2.05) is 0 Å². The molecule has 0 aromatic carbocycles. The van der Waals surface area contributed by atoms with Crippen molar-refractivity contribution >= 4 is 17.8 Å². The molecule has 0 saturated carbocycles. The van der Waals surface area contributed by atoms with Gasteiger partial charge in [-0.15, -0.1) is 0 Å². The molecule has 1 saturated heterocycles. The van der Waals surface area contributed by atoms with Gasteiger partial charge < -0.3 is 19.6 Å². The van der Waals surface area contributed by atoms with E-state index in [9.17, 15) is 23.5 Å². The van der Waals surface area contributed by atoms with Gasteiger partial charge in [-0.05, 0) is 6.92 Å². The summed E-state index contributed by atoms with van der Waals surface area (Å²) in [5.41, 5.74) is 0.972. The number of esters is 1. The predicted molar refractivity (Wildman–Crippen MR) is 87.4 cm³/mol. The highest BCUT2D eigenvalue weighted by Crippen LogP contribution is 2.33. The van der Waals surface area contributed by atoms with Crippen molar-refractivity contribution in [1.82, 2.24) is 15.2 Å². The number of rotatable bonds is 5. The summed E-state index contributed by atoms with van der Waals surface area (Å²) in [7, 11) is 1.19. The molecule has 0 bridgehead atoms. The lowest BCUT2D eigenvalue weighted by Crippen LogP contribution is -2.43. The number of alkyl halides is 2. The Morgan fingerprint density at radius 2 is 2.26 bits per heavy atom. The number of hydrogen-bond donors (Lipinski definition) is 2. The third-order valence-corrected chi connectivity index (χ3v) is 4.30. The Bertz CT molecular complexity index is 833. The molecule has 0 spiro atoms. The SMILES string of the molecule is COC(=O)C1=C(CN2CC(F)(F)CC2C(=O)O)NC(c2nc(C)co2)=NC1. The molecule has 2 aliphatic heterocycles. The Kier molecular flexibility index (Phi) is 4.96. The van der Waals surface area contributed by atoms with Crippen molar-refractivity contribution in [3.05, 3.63) is 29.1 Å². The first-order chi connectivity index (χ1) is 12.7. The summed E-state index contributed by atoms with van der Waals surface area (Å²) in [6.07, 6.45) is 0.628. The van der Waals surface area contributed by atoms with Gasteiger partial charge in [-0.25, -0.2) is 18.6 Å². The minimum Gasteiger partial charge on any atom is -0.480 e. The summed E-state index contributed by atoms with van der Waals surface area (Å²) < 4.78 is 37.5. The Morgan fingerprint density at radius 3 is 2.85 bits per heavy atom. The maximum Gasteiger partial charge on any atom is 0.337 e. The number of likely N-dealkylation sites (tertiary alicyclic amines) is 1. The largest absolute Gasteiger partial charge is 0.480 e. The first kappa shape index (κ1) is 19.0. The highest BCUT2D eigenvalue weighted by molar-refractivity contribution is 6.00. The minimum absolute atomic E-state index is 0.0757. The van der Waals surface area contributed by atoms with Gasteiger partial charge in [0.2, 0.25) is 0 Å². The number of ether oxygens (including phenoxy) is 1. The number of oxazole rings is 1. The first-order valence-electron chi connectivity index (χ1n) is 8.09. The van der Waals surface area contributed by atoms with Crippen LogP contribution >= 0.6 is 0 Å². The molecule has 146 valence electrons. The van der Waals surface area contributed by atoms with E-state index in [-0.39, 0.29) is 36.1 Å². The number of amidine groups is 1. The van der Waals surface area contributed by atoms with Crippen molar-refractivity contribution in [2.24, 2.45) is 4.99 Å². The number of aliphatic imine (C=N–C) groups is 1. The molecule has 0 radical (unpaired) electrons. The molecule has 2 N–H and O–H groups in total. The van der Waals surface area contributed by atoms with Crippen LogP contribution in [0.4, 0.5) is 8.78 Å². The van der Waals surface area contributed by atoms with Crippen molar-refractivity contribution in [3.63, 3.8) is 0 Å². The number of hydrogen-bond acceptors (Lipinski definition) is 8. The van der Waals surface area contributed by atoms with Crippen LogP contribution in [-0.2, 0) is 14.3 Å². The fourth-order valence-electron chi connectivity index (χ4n) is 3.04. The summed E-state index contributed by atoms with van der Waals surface area (Å²) in [5, 5.41) is 12.1. The number of nitrogens with zero attached hydrogens (tertiary/aromatic N) is 3. The molecule has 3 rings (SSSR count). The molecular formula is C16H18F2N4O5. The normalized spacial score (nSPS) is 22.4. The fourth-order valence-corrected chi connectivity index (χ4v) is 3.04. The summed E-state index contributed by atoms with van der Waals surface area (Å²) in [6, 6.07) is -1.36. The van der Waals surface area contributed by atoms with Crippen LogP contribution in [-0.4, -0.2) is 71.5 Å². The molecule has 11 heteroatoms. The van der Waals surface area contributed by atoms with Gasteiger partial charge >= 0.3 is 11.9 Å². The maximum absolute atomic E-state index is 13.7. The van der Waals surface area contributed by atoms with E-state index in [0.29, 0.717) is 5.69 Å². The molecule has 9 nitrogen and oxygen atoms in total. The third kappa shape index (κ3) is 3.97. The van der Waals surface area contributed by atoms with E-state index < -0.39 is 36.9 Å². The number of aliphatic carboxylic acids is 1. The average molecular weight is 384 g/mol. The van der Waals surface area contributed by atoms with Crippen LogP contribution in [0.1, 0.15) is 18.0 Å². The molecule has 1 aromatic rings. The van der Waals surface area contributed by atoms with E-state index in [1.54, 1.807) is 6.92 Å². The first-order valence-corrected chi connectivity index (χ1v) is 8.09. The molecule has 3 heterocycles. The van der Waals surface area contributed by atoms with Gasteiger partial charge in [0.25, 0.3) is 11.8 Å². The van der Waals surface area contributed by atoms with Gasteiger partial charge in [-0.1, -0.05) is 0 Å². The van der Waals surface area contributed by atoms with Gasteiger partial charge in [-0.2, -0.15) is 0 Å². The van der Waals surface area contributed by atoms with Crippen LogP contribution < -0.4 is 5.32 Å². The molecule has 27 heavy (non-hydrogen) atoms. The maximum atomic E-state index is 13.7. The third-order valence-electron chi connectivity index (χ3n) is 4.30. The highest BCUT2D eigenvalue weighted by atomic mass is 19.3. The van der Waals surface area contributed by atoms with Gasteiger partial charge in [0.15, 0.2) is 5.84 Å². The number of aryl methyl sites for hydroxylation is 1. The smallest absolute Gasteiger partial charge is 0.337 e. The molecule has 0 amide bonds. The van der Waals surface area contributed by atoms with Crippen LogP contribution in [0, 0.1) is 6.92 Å². The number of halogens is 2. The van der Waals surface area contributed by atoms with Gasteiger partial charge in [-0.3, -0.25) is 14.7 Å². The molecule has 1 fully saturated rings. The summed E-state index contributed by atoms with van der Waals surface area (Å²) in [4.78, 5) is 32.8. The van der Waals surface area contributed by atoms with E-state index in [2.05, 4.69) is 15.3 Å². The number of nitrogens with one attached hydrogen (secondary N) is 1. The second-order valence-corrected chi connectivity index (χ2v) is 6.35. The zero-order chi connectivity index (χ0) is 19.8. The predicted octanol–water partition coefficient (Wildman–Crippen LogP) is 0.554. The summed E-state index contributed by atoms with van der Waals surface area (Å²) in [6.45, 7) is 0.703. The molecule has 2 aliphatic rings. The summed E-state index contributed by atoms with van der Waals surface area (Å²) in [5.74, 6) is -4.75.